The number of hydrogen-bond acceptors (Lipinski definition) is 6. The molecule has 0 aromatic heterocycles. The SMILES string of the molecule is Cc1cc(NC(=O)[C@H](CCN)NC(=O)[C@@H]2Cc3ccccc3CN2C(=O)CCC(=O)N2CCN(C(C)(C)C)CC2)ccc1Cl. The lowest BCUT2D eigenvalue weighted by molar-refractivity contribution is -0.144. The monoisotopic (exact) mass is 624 g/mol. The van der Waals surface area contributed by atoms with Crippen molar-refractivity contribution in [1.82, 2.24) is 20.0 Å². The van der Waals surface area contributed by atoms with Crippen LogP contribution < -0.4 is 16.4 Å². The maximum absolute atomic E-state index is 13.7. The first kappa shape index (κ1) is 33.4. The number of anilines is 1. The van der Waals surface area contributed by atoms with Gasteiger partial charge in [-0.15, -0.1) is 0 Å². The third-order valence-corrected chi connectivity index (χ3v) is 8.94. The average molecular weight is 625 g/mol. The molecule has 11 heteroatoms. The van der Waals surface area contributed by atoms with Crippen LogP contribution in [-0.2, 0) is 32.1 Å². The summed E-state index contributed by atoms with van der Waals surface area (Å²) in [4.78, 5) is 59.3. The van der Waals surface area contributed by atoms with Gasteiger partial charge in [0.2, 0.25) is 23.6 Å². The smallest absolute Gasteiger partial charge is 0.246 e. The van der Waals surface area contributed by atoms with Gasteiger partial charge in [-0.2, -0.15) is 0 Å². The van der Waals surface area contributed by atoms with Gasteiger partial charge in [-0.05, 0) is 75.5 Å². The fourth-order valence-corrected chi connectivity index (χ4v) is 5.93. The summed E-state index contributed by atoms with van der Waals surface area (Å²) in [6.07, 6.45) is 0.620. The lowest BCUT2D eigenvalue weighted by atomic mass is 9.92. The van der Waals surface area contributed by atoms with E-state index in [2.05, 4.69) is 36.3 Å². The van der Waals surface area contributed by atoms with Gasteiger partial charge in [0.1, 0.15) is 12.1 Å². The zero-order chi connectivity index (χ0) is 32.0. The Balaban J connectivity index is 1.42. The second-order valence-corrected chi connectivity index (χ2v) is 13.0. The minimum Gasteiger partial charge on any atom is -0.342 e. The van der Waals surface area contributed by atoms with Gasteiger partial charge in [0.25, 0.3) is 0 Å². The lowest BCUT2D eigenvalue weighted by Crippen LogP contribution is -2.56. The molecule has 1 fully saturated rings. The van der Waals surface area contributed by atoms with E-state index in [0.29, 0.717) is 30.2 Å². The molecule has 4 N–H and O–H groups in total. The number of carbonyl (C=O) groups is 4. The highest BCUT2D eigenvalue weighted by Gasteiger charge is 2.36. The van der Waals surface area contributed by atoms with Gasteiger partial charge in [-0.3, -0.25) is 24.1 Å². The molecule has 4 rings (SSSR count). The summed E-state index contributed by atoms with van der Waals surface area (Å²) >= 11 is 6.12. The summed E-state index contributed by atoms with van der Waals surface area (Å²) in [7, 11) is 0. The van der Waals surface area contributed by atoms with Crippen molar-refractivity contribution < 1.29 is 19.2 Å². The Morgan fingerprint density at radius 2 is 1.64 bits per heavy atom. The first-order valence-electron chi connectivity index (χ1n) is 15.3. The molecule has 0 unspecified atom stereocenters. The zero-order valence-electron chi connectivity index (χ0n) is 26.2. The summed E-state index contributed by atoms with van der Waals surface area (Å²) in [6.45, 7) is 11.6. The number of piperazine rings is 1. The van der Waals surface area contributed by atoms with Crippen molar-refractivity contribution in [3.05, 3.63) is 64.2 Å². The minimum absolute atomic E-state index is 0.00684. The van der Waals surface area contributed by atoms with Crippen LogP contribution in [0.3, 0.4) is 0 Å². The number of fused-ring (bicyclic) bond motifs is 1. The molecule has 4 amide bonds. The Morgan fingerprint density at radius 1 is 0.977 bits per heavy atom. The fraction of sp³-hybridized carbons (Fsp3) is 0.515. The van der Waals surface area contributed by atoms with Gasteiger partial charge in [-0.25, -0.2) is 0 Å². The number of carbonyl (C=O) groups excluding carboxylic acids is 4. The minimum atomic E-state index is -0.897. The molecule has 0 spiro atoms. The number of hydrogen-bond donors (Lipinski definition) is 3. The third-order valence-electron chi connectivity index (χ3n) is 8.52. The topological polar surface area (TPSA) is 128 Å². The highest BCUT2D eigenvalue weighted by atomic mass is 35.5. The fourth-order valence-electron chi connectivity index (χ4n) is 5.82. The molecule has 0 aliphatic carbocycles. The summed E-state index contributed by atoms with van der Waals surface area (Å²) in [5, 5.41) is 6.27. The van der Waals surface area contributed by atoms with E-state index in [4.69, 9.17) is 17.3 Å². The predicted octanol–water partition coefficient (Wildman–Crippen LogP) is 3.10. The van der Waals surface area contributed by atoms with Crippen molar-refractivity contribution in [2.24, 2.45) is 5.73 Å². The Hall–Kier alpha value is -3.47. The number of nitrogens with zero attached hydrogens (tertiary/aromatic N) is 3. The van der Waals surface area contributed by atoms with E-state index in [0.717, 1.165) is 29.8 Å². The normalized spacial score (nSPS) is 17.9. The van der Waals surface area contributed by atoms with Gasteiger partial charge in [0.15, 0.2) is 0 Å². The molecular formula is C33H45ClN6O4. The summed E-state index contributed by atoms with van der Waals surface area (Å²) in [5.74, 6) is -1.16. The van der Waals surface area contributed by atoms with Crippen molar-refractivity contribution in [3.8, 4) is 0 Å². The Labute approximate surface area is 265 Å². The molecule has 2 aliphatic heterocycles. The zero-order valence-corrected chi connectivity index (χ0v) is 27.0. The van der Waals surface area contributed by atoms with Crippen molar-refractivity contribution >= 4 is 40.9 Å². The van der Waals surface area contributed by atoms with E-state index in [1.807, 2.05) is 36.1 Å². The van der Waals surface area contributed by atoms with E-state index in [9.17, 15) is 19.2 Å². The predicted molar refractivity (Wildman–Crippen MR) is 172 cm³/mol. The number of rotatable bonds is 9. The van der Waals surface area contributed by atoms with E-state index >= 15 is 0 Å². The Morgan fingerprint density at radius 3 is 2.27 bits per heavy atom. The van der Waals surface area contributed by atoms with Crippen LogP contribution in [0.4, 0.5) is 5.69 Å². The molecule has 2 aliphatic rings. The molecular weight excluding hydrogens is 580 g/mol. The van der Waals surface area contributed by atoms with Gasteiger partial charge in [0, 0.05) is 68.2 Å². The number of nitrogens with two attached hydrogens (primary N) is 1. The largest absolute Gasteiger partial charge is 0.342 e. The number of aryl methyl sites for hydroxylation is 1. The first-order chi connectivity index (χ1) is 20.9. The first-order valence-corrected chi connectivity index (χ1v) is 15.7. The van der Waals surface area contributed by atoms with Crippen LogP contribution in [0.1, 0.15) is 56.7 Å². The summed E-state index contributed by atoms with van der Waals surface area (Å²) in [6, 6.07) is 11.1. The second kappa shape index (κ2) is 14.5. The second-order valence-electron chi connectivity index (χ2n) is 12.6. The molecule has 44 heavy (non-hydrogen) atoms. The van der Waals surface area contributed by atoms with Crippen molar-refractivity contribution in [2.75, 3.05) is 38.0 Å². The maximum Gasteiger partial charge on any atom is 0.246 e. The van der Waals surface area contributed by atoms with Crippen molar-refractivity contribution in [1.29, 1.82) is 0 Å². The van der Waals surface area contributed by atoms with E-state index in [1.54, 1.807) is 23.1 Å². The van der Waals surface area contributed by atoms with Crippen LogP contribution in [0.15, 0.2) is 42.5 Å². The van der Waals surface area contributed by atoms with Gasteiger partial charge < -0.3 is 26.2 Å². The van der Waals surface area contributed by atoms with Crippen LogP contribution >= 0.6 is 11.6 Å². The molecule has 238 valence electrons. The molecule has 1 saturated heterocycles. The molecule has 2 heterocycles. The van der Waals surface area contributed by atoms with Crippen LogP contribution in [0.25, 0.3) is 0 Å². The number of amides is 4. The lowest BCUT2D eigenvalue weighted by Gasteiger charge is -2.42. The molecule has 0 radical (unpaired) electrons. The standard InChI is InChI=1S/C33H45ClN6O4/c1-22-19-25(9-10-26(22)34)36-31(43)27(13-14-35)37-32(44)28-20-23-7-5-6-8-24(23)21-40(28)30(42)12-11-29(41)38-15-17-39(18-16-38)33(2,3)4/h5-10,19,27-28H,11-18,20-21,35H2,1-4H3,(H,36,43)(H,37,44)/t27-,28-/m0/s1. The van der Waals surface area contributed by atoms with Crippen molar-refractivity contribution in [2.45, 2.75) is 77.5 Å². The van der Waals surface area contributed by atoms with E-state index in [-0.39, 0.29) is 49.7 Å². The Kier molecular flexibility index (Phi) is 11.0. The van der Waals surface area contributed by atoms with E-state index < -0.39 is 23.9 Å². The Bertz CT molecular complexity index is 1370. The van der Waals surface area contributed by atoms with Crippen molar-refractivity contribution in [3.63, 3.8) is 0 Å². The van der Waals surface area contributed by atoms with Crippen LogP contribution in [-0.4, -0.2) is 88.7 Å². The number of halogens is 1. The molecule has 10 nitrogen and oxygen atoms in total. The van der Waals surface area contributed by atoms with Gasteiger partial charge in [-0.1, -0.05) is 35.9 Å². The van der Waals surface area contributed by atoms with E-state index in [1.165, 1.54) is 0 Å². The van der Waals surface area contributed by atoms with Crippen LogP contribution in [0.5, 0.6) is 0 Å². The van der Waals surface area contributed by atoms with Gasteiger partial charge >= 0.3 is 0 Å². The molecule has 0 saturated carbocycles. The number of benzene rings is 2. The summed E-state index contributed by atoms with van der Waals surface area (Å²) < 4.78 is 0. The van der Waals surface area contributed by atoms with Crippen LogP contribution in [0, 0.1) is 6.92 Å². The highest BCUT2D eigenvalue weighted by Crippen LogP contribution is 2.25. The quantitative estimate of drug-likeness (QED) is 0.393. The van der Waals surface area contributed by atoms with Gasteiger partial charge in [0.05, 0.1) is 0 Å². The van der Waals surface area contributed by atoms with Crippen LogP contribution in [0.2, 0.25) is 5.02 Å². The third kappa shape index (κ3) is 8.37. The molecule has 2 atom stereocenters. The molecule has 2 aromatic carbocycles. The molecule has 0 bridgehead atoms. The number of nitrogens with one attached hydrogen (secondary N) is 2. The molecule has 2 aromatic rings. The summed E-state index contributed by atoms with van der Waals surface area (Å²) in [5.41, 5.74) is 9.15. The maximum atomic E-state index is 13.7. The highest BCUT2D eigenvalue weighted by molar-refractivity contribution is 6.31. The average Bonchev–Trinajstić information content (AvgIpc) is 3.00.